The highest BCUT2D eigenvalue weighted by Crippen LogP contribution is 2.38. The molecule has 0 aliphatic heterocycles. The second kappa shape index (κ2) is 6.58. The van der Waals surface area contributed by atoms with Crippen molar-refractivity contribution < 1.29 is 0 Å². The van der Waals surface area contributed by atoms with Crippen molar-refractivity contribution in [2.45, 2.75) is 50.8 Å². The minimum Gasteiger partial charge on any atom is -0.133 e. The van der Waals surface area contributed by atoms with Crippen molar-refractivity contribution in [3.05, 3.63) is 20.8 Å². The van der Waals surface area contributed by atoms with Gasteiger partial charge in [-0.3, -0.25) is 0 Å². The van der Waals surface area contributed by atoms with Crippen LogP contribution in [0, 0.1) is 11.8 Å². The van der Waals surface area contributed by atoms with Gasteiger partial charge in [0.1, 0.15) is 0 Å². The number of rotatable bonds is 4. The molecule has 0 saturated heterocycles. The molecule has 0 spiro atoms. The maximum absolute atomic E-state index is 6.50. The zero-order chi connectivity index (χ0) is 12.3. The summed E-state index contributed by atoms with van der Waals surface area (Å²) < 4.78 is 1.24. The van der Waals surface area contributed by atoms with E-state index in [1.54, 1.807) is 0 Å². The Morgan fingerprint density at radius 1 is 1.41 bits per heavy atom. The van der Waals surface area contributed by atoms with Crippen LogP contribution in [-0.2, 0) is 6.42 Å². The van der Waals surface area contributed by atoms with Crippen LogP contribution in [-0.4, -0.2) is 5.38 Å². The summed E-state index contributed by atoms with van der Waals surface area (Å²) in [7, 11) is 0. The van der Waals surface area contributed by atoms with E-state index >= 15 is 0 Å². The van der Waals surface area contributed by atoms with Crippen molar-refractivity contribution in [3.63, 3.8) is 0 Å². The lowest BCUT2D eigenvalue weighted by Crippen LogP contribution is -2.26. The molecule has 3 unspecified atom stereocenters. The van der Waals surface area contributed by atoms with Crippen LogP contribution >= 0.6 is 38.9 Å². The molecule has 3 heteroatoms. The molecule has 0 N–H and O–H groups in total. The highest BCUT2D eigenvalue weighted by atomic mass is 79.9. The van der Waals surface area contributed by atoms with E-state index in [0.717, 1.165) is 5.92 Å². The van der Waals surface area contributed by atoms with Gasteiger partial charge >= 0.3 is 0 Å². The van der Waals surface area contributed by atoms with Crippen molar-refractivity contribution >= 4 is 38.9 Å². The fraction of sp³-hybridized carbons (Fsp3) is 0.714. The molecule has 0 radical (unpaired) electrons. The van der Waals surface area contributed by atoms with Crippen LogP contribution in [0.2, 0.25) is 0 Å². The smallest absolute Gasteiger partial charge is 0.0701 e. The normalized spacial score (nSPS) is 29.5. The van der Waals surface area contributed by atoms with E-state index in [1.807, 2.05) is 11.3 Å². The summed E-state index contributed by atoms with van der Waals surface area (Å²) in [6, 6.07) is 4.39. The molecule has 1 saturated carbocycles. The van der Waals surface area contributed by atoms with Gasteiger partial charge in [-0.25, -0.2) is 0 Å². The predicted molar refractivity (Wildman–Crippen MR) is 81.1 cm³/mol. The lowest BCUT2D eigenvalue weighted by molar-refractivity contribution is 0.258. The van der Waals surface area contributed by atoms with Crippen molar-refractivity contribution in [2.24, 2.45) is 11.8 Å². The minimum absolute atomic E-state index is 0.393. The standard InChI is InChI=1S/C14H20BrClS/c1-2-3-10-4-6-13(16)11(8-10)9-12-5-7-14(15)17-12/h5,7,10-11,13H,2-4,6,8-9H2,1H3. The molecular weight excluding hydrogens is 316 g/mol. The van der Waals surface area contributed by atoms with Crippen LogP contribution < -0.4 is 0 Å². The van der Waals surface area contributed by atoms with Gasteiger partial charge in [-0.1, -0.05) is 19.8 Å². The molecule has 2 rings (SSSR count). The zero-order valence-electron chi connectivity index (χ0n) is 10.3. The molecular formula is C14H20BrClS. The largest absolute Gasteiger partial charge is 0.133 e. The Morgan fingerprint density at radius 2 is 2.24 bits per heavy atom. The first-order valence-corrected chi connectivity index (χ1v) is 8.62. The molecule has 1 aromatic heterocycles. The van der Waals surface area contributed by atoms with Crippen LogP contribution in [0.4, 0.5) is 0 Å². The molecule has 1 aliphatic rings. The molecule has 1 heterocycles. The highest BCUT2D eigenvalue weighted by Gasteiger charge is 2.29. The van der Waals surface area contributed by atoms with Gasteiger partial charge in [-0.15, -0.1) is 22.9 Å². The first-order chi connectivity index (χ1) is 8.19. The summed E-state index contributed by atoms with van der Waals surface area (Å²) in [5, 5.41) is 0.393. The first-order valence-electron chi connectivity index (χ1n) is 6.57. The molecule has 1 aliphatic carbocycles. The van der Waals surface area contributed by atoms with Crippen LogP contribution in [0.25, 0.3) is 0 Å². The summed E-state index contributed by atoms with van der Waals surface area (Å²) in [6.07, 6.45) is 7.75. The van der Waals surface area contributed by atoms with Gasteiger partial charge in [0.2, 0.25) is 0 Å². The summed E-state index contributed by atoms with van der Waals surface area (Å²) in [4.78, 5) is 1.48. The molecule has 3 atom stereocenters. The Bertz CT molecular complexity index is 350. The molecule has 1 fully saturated rings. The zero-order valence-corrected chi connectivity index (χ0v) is 13.5. The Kier molecular flexibility index (Phi) is 5.38. The second-order valence-corrected chi connectivity index (χ2v) is 8.26. The van der Waals surface area contributed by atoms with Crippen molar-refractivity contribution in [1.29, 1.82) is 0 Å². The fourth-order valence-electron chi connectivity index (χ4n) is 2.93. The topological polar surface area (TPSA) is 0 Å². The fourth-order valence-corrected chi connectivity index (χ4v) is 4.82. The summed E-state index contributed by atoms with van der Waals surface area (Å²) in [5.41, 5.74) is 0. The SMILES string of the molecule is CCCC1CCC(Cl)C(Cc2ccc(Br)s2)C1. The molecule has 0 bridgehead atoms. The van der Waals surface area contributed by atoms with Gasteiger partial charge in [-0.2, -0.15) is 0 Å². The first kappa shape index (κ1) is 13.9. The van der Waals surface area contributed by atoms with Crippen LogP contribution in [0.5, 0.6) is 0 Å². The molecule has 96 valence electrons. The number of halogens is 2. The monoisotopic (exact) mass is 334 g/mol. The number of thiophene rings is 1. The third-order valence-electron chi connectivity index (χ3n) is 3.79. The van der Waals surface area contributed by atoms with Gasteiger partial charge in [-0.05, 0) is 65.6 Å². The Labute approximate surface area is 122 Å². The van der Waals surface area contributed by atoms with Crippen molar-refractivity contribution in [1.82, 2.24) is 0 Å². The molecule has 0 aromatic carbocycles. The lowest BCUT2D eigenvalue weighted by Gasteiger charge is -2.32. The highest BCUT2D eigenvalue weighted by molar-refractivity contribution is 9.11. The second-order valence-electron chi connectivity index (χ2n) is 5.15. The van der Waals surface area contributed by atoms with Gasteiger partial charge in [0.15, 0.2) is 0 Å². The third-order valence-corrected chi connectivity index (χ3v) is 6.01. The van der Waals surface area contributed by atoms with E-state index in [4.69, 9.17) is 11.6 Å². The van der Waals surface area contributed by atoms with E-state index in [9.17, 15) is 0 Å². The quantitative estimate of drug-likeness (QED) is 0.603. The van der Waals surface area contributed by atoms with E-state index in [-0.39, 0.29) is 0 Å². The lowest BCUT2D eigenvalue weighted by atomic mass is 9.77. The van der Waals surface area contributed by atoms with E-state index in [0.29, 0.717) is 11.3 Å². The summed E-state index contributed by atoms with van der Waals surface area (Å²) >= 11 is 11.9. The summed E-state index contributed by atoms with van der Waals surface area (Å²) in [6.45, 7) is 2.29. The number of hydrogen-bond donors (Lipinski definition) is 0. The van der Waals surface area contributed by atoms with E-state index in [1.165, 1.54) is 47.2 Å². The summed E-state index contributed by atoms with van der Waals surface area (Å²) in [5.74, 6) is 1.61. The Balaban J connectivity index is 1.93. The van der Waals surface area contributed by atoms with Gasteiger partial charge in [0.05, 0.1) is 3.79 Å². The maximum atomic E-state index is 6.50. The third kappa shape index (κ3) is 3.97. The van der Waals surface area contributed by atoms with Gasteiger partial charge in [0, 0.05) is 10.3 Å². The average molecular weight is 336 g/mol. The maximum Gasteiger partial charge on any atom is 0.0701 e. The molecule has 0 nitrogen and oxygen atoms in total. The Morgan fingerprint density at radius 3 is 2.88 bits per heavy atom. The number of alkyl halides is 1. The Hall–Kier alpha value is 0.470. The van der Waals surface area contributed by atoms with Gasteiger partial charge in [0.25, 0.3) is 0 Å². The molecule has 0 amide bonds. The van der Waals surface area contributed by atoms with Crippen molar-refractivity contribution in [2.75, 3.05) is 0 Å². The molecule has 17 heavy (non-hydrogen) atoms. The average Bonchev–Trinajstić information content (AvgIpc) is 2.69. The van der Waals surface area contributed by atoms with Crippen LogP contribution in [0.1, 0.15) is 43.9 Å². The van der Waals surface area contributed by atoms with Crippen LogP contribution in [0.15, 0.2) is 15.9 Å². The molecule has 1 aromatic rings. The van der Waals surface area contributed by atoms with E-state index < -0.39 is 0 Å². The minimum atomic E-state index is 0.393. The van der Waals surface area contributed by atoms with Crippen molar-refractivity contribution in [3.8, 4) is 0 Å². The van der Waals surface area contributed by atoms with E-state index in [2.05, 4.69) is 35.0 Å². The predicted octanol–water partition coefficient (Wildman–Crippen LogP) is 5.88. The van der Waals surface area contributed by atoms with Gasteiger partial charge < -0.3 is 0 Å². The van der Waals surface area contributed by atoms with Crippen LogP contribution in [0.3, 0.4) is 0 Å². The number of hydrogen-bond acceptors (Lipinski definition) is 1.